The fourth-order valence-electron chi connectivity index (χ4n) is 2.45. The molecule has 0 unspecified atom stereocenters. The second-order valence-corrected chi connectivity index (χ2v) is 6.18. The third-order valence-corrected chi connectivity index (χ3v) is 4.42. The summed E-state index contributed by atoms with van der Waals surface area (Å²) in [5.41, 5.74) is 5.97. The van der Waals surface area contributed by atoms with E-state index in [1.807, 2.05) is 5.38 Å². The molecule has 0 aliphatic heterocycles. The number of nitrogens with one attached hydrogen (secondary N) is 1. The summed E-state index contributed by atoms with van der Waals surface area (Å²) in [6.45, 7) is 2.71. The number of carbonyl (C=O) groups is 1. The lowest BCUT2D eigenvalue weighted by Crippen LogP contribution is -2.47. The van der Waals surface area contributed by atoms with Crippen molar-refractivity contribution in [2.75, 3.05) is 6.54 Å². The first-order chi connectivity index (χ1) is 8.63. The Kier molecular flexibility index (Phi) is 6.23. The first-order valence-electron chi connectivity index (χ1n) is 6.60. The number of hydrogen-bond donors (Lipinski definition) is 2. The van der Waals surface area contributed by atoms with Gasteiger partial charge in [0, 0.05) is 17.3 Å². The van der Waals surface area contributed by atoms with Crippen LogP contribution in [0.4, 0.5) is 0 Å². The molecule has 6 heteroatoms. The summed E-state index contributed by atoms with van der Waals surface area (Å²) in [6.07, 6.45) is 6.56. The molecule has 1 aliphatic carbocycles. The normalized spacial score (nSPS) is 17.6. The number of thiazole rings is 1. The Labute approximate surface area is 124 Å². The smallest absolute Gasteiger partial charge is 0.271 e. The van der Waals surface area contributed by atoms with Gasteiger partial charge in [0.1, 0.15) is 5.69 Å². The van der Waals surface area contributed by atoms with Gasteiger partial charge in [0.2, 0.25) is 0 Å². The Hall–Kier alpha value is -0.650. The van der Waals surface area contributed by atoms with Gasteiger partial charge in [-0.2, -0.15) is 0 Å². The lowest BCUT2D eigenvalue weighted by molar-refractivity contribution is 0.0878. The predicted octanol–water partition coefficient (Wildman–Crippen LogP) is 2.52. The van der Waals surface area contributed by atoms with Crippen LogP contribution in [-0.2, 0) is 6.42 Å². The van der Waals surface area contributed by atoms with Crippen LogP contribution in [0.15, 0.2) is 5.38 Å². The zero-order valence-corrected chi connectivity index (χ0v) is 12.9. The van der Waals surface area contributed by atoms with Crippen LogP contribution in [0.5, 0.6) is 0 Å². The molecule has 0 atom stereocenters. The molecule has 108 valence electrons. The summed E-state index contributed by atoms with van der Waals surface area (Å²) < 4.78 is 0. The van der Waals surface area contributed by atoms with Crippen molar-refractivity contribution in [2.24, 2.45) is 5.73 Å². The Balaban J connectivity index is 0.00000180. The average molecular weight is 304 g/mol. The Bertz CT molecular complexity index is 416. The van der Waals surface area contributed by atoms with Crippen molar-refractivity contribution in [2.45, 2.75) is 51.0 Å². The highest BCUT2D eigenvalue weighted by atomic mass is 35.5. The molecule has 1 heterocycles. The number of halogens is 1. The van der Waals surface area contributed by atoms with Crippen molar-refractivity contribution in [1.29, 1.82) is 0 Å². The first-order valence-corrected chi connectivity index (χ1v) is 7.48. The minimum absolute atomic E-state index is 0. The van der Waals surface area contributed by atoms with E-state index in [1.54, 1.807) is 0 Å². The van der Waals surface area contributed by atoms with Gasteiger partial charge in [-0.15, -0.1) is 23.7 Å². The van der Waals surface area contributed by atoms with Gasteiger partial charge in [-0.1, -0.05) is 19.3 Å². The number of aromatic nitrogens is 1. The molecule has 1 aromatic heterocycles. The van der Waals surface area contributed by atoms with E-state index >= 15 is 0 Å². The SMILES string of the molecule is CC1(NC(=O)c2csc(CCN)n2)CCCCC1.Cl. The average Bonchev–Trinajstić information content (AvgIpc) is 2.78. The quantitative estimate of drug-likeness (QED) is 0.898. The molecule has 3 N–H and O–H groups in total. The minimum atomic E-state index is -0.0486. The molecular weight excluding hydrogens is 282 g/mol. The van der Waals surface area contributed by atoms with Gasteiger partial charge in [-0.05, 0) is 26.3 Å². The fourth-order valence-corrected chi connectivity index (χ4v) is 3.24. The molecule has 1 saturated carbocycles. The molecule has 0 aromatic carbocycles. The maximum absolute atomic E-state index is 12.1. The van der Waals surface area contributed by atoms with Crippen molar-refractivity contribution in [1.82, 2.24) is 10.3 Å². The number of amides is 1. The van der Waals surface area contributed by atoms with E-state index in [0.29, 0.717) is 12.2 Å². The van der Waals surface area contributed by atoms with Gasteiger partial charge in [-0.25, -0.2) is 4.98 Å². The summed E-state index contributed by atoms with van der Waals surface area (Å²) in [5.74, 6) is -0.0427. The van der Waals surface area contributed by atoms with Crippen LogP contribution in [0, 0.1) is 0 Å². The van der Waals surface area contributed by atoms with Crippen LogP contribution in [-0.4, -0.2) is 23.0 Å². The molecule has 19 heavy (non-hydrogen) atoms. The van der Waals surface area contributed by atoms with E-state index in [-0.39, 0.29) is 23.9 Å². The largest absolute Gasteiger partial charge is 0.346 e. The van der Waals surface area contributed by atoms with E-state index in [2.05, 4.69) is 17.2 Å². The number of nitrogens with two attached hydrogens (primary N) is 1. The summed E-state index contributed by atoms with van der Waals surface area (Å²) in [7, 11) is 0. The van der Waals surface area contributed by atoms with Crippen LogP contribution in [0.1, 0.15) is 54.5 Å². The highest BCUT2D eigenvalue weighted by molar-refractivity contribution is 7.09. The zero-order valence-electron chi connectivity index (χ0n) is 11.3. The number of rotatable bonds is 4. The fraction of sp³-hybridized carbons (Fsp3) is 0.692. The summed E-state index contributed by atoms with van der Waals surface area (Å²) in [6, 6.07) is 0. The van der Waals surface area contributed by atoms with Crippen LogP contribution >= 0.6 is 23.7 Å². The van der Waals surface area contributed by atoms with Crippen molar-refractivity contribution >= 4 is 29.7 Å². The molecule has 1 aromatic rings. The van der Waals surface area contributed by atoms with Gasteiger partial charge in [-0.3, -0.25) is 4.79 Å². The Morgan fingerprint density at radius 3 is 2.79 bits per heavy atom. The minimum Gasteiger partial charge on any atom is -0.346 e. The van der Waals surface area contributed by atoms with Crippen molar-refractivity contribution in [3.8, 4) is 0 Å². The highest BCUT2D eigenvalue weighted by Gasteiger charge is 2.29. The van der Waals surface area contributed by atoms with Gasteiger partial charge in [0.15, 0.2) is 0 Å². The van der Waals surface area contributed by atoms with Gasteiger partial charge in [0.25, 0.3) is 5.91 Å². The molecule has 1 fully saturated rings. The van der Waals surface area contributed by atoms with Crippen LogP contribution < -0.4 is 11.1 Å². The van der Waals surface area contributed by atoms with E-state index in [4.69, 9.17) is 5.73 Å². The second-order valence-electron chi connectivity index (χ2n) is 5.24. The molecule has 0 saturated heterocycles. The zero-order chi connectivity index (χ0) is 13.0. The summed E-state index contributed by atoms with van der Waals surface area (Å²) in [4.78, 5) is 16.5. The number of carbonyl (C=O) groups excluding carboxylic acids is 1. The number of nitrogens with zero attached hydrogens (tertiary/aromatic N) is 1. The van der Waals surface area contributed by atoms with Crippen molar-refractivity contribution in [3.05, 3.63) is 16.1 Å². The van der Waals surface area contributed by atoms with Crippen molar-refractivity contribution < 1.29 is 4.79 Å². The van der Waals surface area contributed by atoms with Crippen LogP contribution in [0.3, 0.4) is 0 Å². The summed E-state index contributed by atoms with van der Waals surface area (Å²) >= 11 is 1.51. The van der Waals surface area contributed by atoms with E-state index in [9.17, 15) is 4.79 Å². The lowest BCUT2D eigenvalue weighted by Gasteiger charge is -2.34. The highest BCUT2D eigenvalue weighted by Crippen LogP contribution is 2.27. The molecule has 1 amide bonds. The second kappa shape index (κ2) is 7.22. The van der Waals surface area contributed by atoms with Crippen LogP contribution in [0.2, 0.25) is 0 Å². The lowest BCUT2D eigenvalue weighted by atomic mass is 9.83. The Morgan fingerprint density at radius 1 is 1.47 bits per heavy atom. The predicted molar refractivity (Wildman–Crippen MR) is 81.1 cm³/mol. The molecule has 1 aliphatic rings. The third kappa shape index (κ3) is 4.44. The van der Waals surface area contributed by atoms with Crippen molar-refractivity contribution in [3.63, 3.8) is 0 Å². The molecule has 2 rings (SSSR count). The van der Waals surface area contributed by atoms with E-state index in [0.717, 1.165) is 24.3 Å². The topological polar surface area (TPSA) is 68.0 Å². The maximum Gasteiger partial charge on any atom is 0.271 e. The van der Waals surface area contributed by atoms with Gasteiger partial charge in [0.05, 0.1) is 5.01 Å². The first kappa shape index (κ1) is 16.4. The monoisotopic (exact) mass is 303 g/mol. The third-order valence-electron chi connectivity index (χ3n) is 3.52. The molecule has 0 spiro atoms. The Morgan fingerprint density at radius 2 is 2.16 bits per heavy atom. The standard InChI is InChI=1S/C13H21N3OS.ClH/c1-13(6-3-2-4-7-13)16-12(17)10-9-18-11(15-10)5-8-14;/h9H,2-8,14H2,1H3,(H,16,17);1H. The molecule has 0 bridgehead atoms. The van der Waals surface area contributed by atoms with E-state index in [1.165, 1.54) is 30.6 Å². The van der Waals surface area contributed by atoms with Crippen LogP contribution in [0.25, 0.3) is 0 Å². The molecule has 0 radical (unpaired) electrons. The van der Waals surface area contributed by atoms with E-state index < -0.39 is 0 Å². The summed E-state index contributed by atoms with van der Waals surface area (Å²) in [5, 5.41) is 5.91. The van der Waals surface area contributed by atoms with Gasteiger partial charge >= 0.3 is 0 Å². The molecule has 4 nitrogen and oxygen atoms in total. The number of hydrogen-bond acceptors (Lipinski definition) is 4. The van der Waals surface area contributed by atoms with Gasteiger partial charge < -0.3 is 11.1 Å². The molecular formula is C13H22ClN3OS. The maximum atomic E-state index is 12.1.